The molecule has 2 nitrogen and oxygen atoms in total. The van der Waals surface area contributed by atoms with Gasteiger partial charge in [-0.3, -0.25) is 4.98 Å². The number of fused-ring (bicyclic) bond motifs is 3. The smallest absolute Gasteiger partial charge is 0.0713 e. The van der Waals surface area contributed by atoms with E-state index in [0.717, 1.165) is 0 Å². The standard InChI is InChI=1S/C16H16N2/c1-2-5-12-6-4-7-14-13-8-9-17-11-15(13)18(10-3-1)16(12)14/h1-3,8-12H,4-7H2. The van der Waals surface area contributed by atoms with Gasteiger partial charge in [0, 0.05) is 29.4 Å². The predicted octanol–water partition coefficient (Wildman–Crippen LogP) is 3.89. The van der Waals surface area contributed by atoms with Crippen LogP contribution in [0.25, 0.3) is 17.1 Å². The van der Waals surface area contributed by atoms with E-state index in [1.807, 2.05) is 12.4 Å². The van der Waals surface area contributed by atoms with Gasteiger partial charge in [0.1, 0.15) is 0 Å². The molecule has 0 fully saturated rings. The van der Waals surface area contributed by atoms with Gasteiger partial charge in [-0.05, 0) is 43.4 Å². The van der Waals surface area contributed by atoms with E-state index in [0.29, 0.717) is 5.92 Å². The minimum atomic E-state index is 0.683. The van der Waals surface area contributed by atoms with Crippen molar-refractivity contribution >= 4 is 17.1 Å². The fraction of sp³-hybridized carbons (Fsp3) is 0.312. The summed E-state index contributed by atoms with van der Waals surface area (Å²) >= 11 is 0. The molecule has 0 bridgehead atoms. The Morgan fingerprint density at radius 1 is 1.28 bits per heavy atom. The number of rotatable bonds is 0. The number of hydrogen-bond donors (Lipinski definition) is 0. The lowest BCUT2D eigenvalue weighted by atomic mass is 9.84. The molecule has 3 heterocycles. The summed E-state index contributed by atoms with van der Waals surface area (Å²) in [4.78, 5) is 4.30. The lowest BCUT2D eigenvalue weighted by molar-refractivity contribution is 0.542. The number of allylic oxidation sites excluding steroid dienone is 3. The zero-order chi connectivity index (χ0) is 11.9. The molecule has 0 radical (unpaired) electrons. The number of pyridine rings is 1. The quantitative estimate of drug-likeness (QED) is 0.678. The molecule has 0 amide bonds. The third-order valence-corrected chi connectivity index (χ3v) is 4.22. The molecule has 1 atom stereocenters. The first kappa shape index (κ1) is 10.1. The van der Waals surface area contributed by atoms with Crippen molar-refractivity contribution in [1.82, 2.24) is 9.55 Å². The molecular weight excluding hydrogens is 220 g/mol. The predicted molar refractivity (Wildman–Crippen MR) is 74.5 cm³/mol. The molecule has 2 aromatic heterocycles. The average molecular weight is 236 g/mol. The molecule has 0 saturated carbocycles. The van der Waals surface area contributed by atoms with Crippen LogP contribution in [0.15, 0.2) is 36.7 Å². The van der Waals surface area contributed by atoms with Crippen LogP contribution in [0.3, 0.4) is 0 Å². The van der Waals surface area contributed by atoms with Gasteiger partial charge in [-0.25, -0.2) is 0 Å². The Hall–Kier alpha value is -1.83. The van der Waals surface area contributed by atoms with Crippen LogP contribution in [0, 0.1) is 0 Å². The van der Waals surface area contributed by atoms with Crippen LogP contribution in [-0.2, 0) is 6.42 Å². The first-order chi connectivity index (χ1) is 8.95. The summed E-state index contributed by atoms with van der Waals surface area (Å²) in [6.45, 7) is 0. The highest BCUT2D eigenvalue weighted by molar-refractivity contribution is 5.87. The molecule has 18 heavy (non-hydrogen) atoms. The van der Waals surface area contributed by atoms with Crippen LogP contribution in [0.1, 0.15) is 36.4 Å². The summed E-state index contributed by atoms with van der Waals surface area (Å²) in [5, 5.41) is 1.40. The van der Waals surface area contributed by atoms with Gasteiger partial charge in [0.05, 0.1) is 11.7 Å². The maximum Gasteiger partial charge on any atom is 0.0713 e. The van der Waals surface area contributed by atoms with Crippen LogP contribution in [0.2, 0.25) is 0 Å². The molecule has 4 rings (SSSR count). The molecular formula is C16H16N2. The zero-order valence-corrected chi connectivity index (χ0v) is 10.3. The first-order valence-electron chi connectivity index (χ1n) is 6.75. The Balaban J connectivity index is 2.11. The van der Waals surface area contributed by atoms with Gasteiger partial charge >= 0.3 is 0 Å². The van der Waals surface area contributed by atoms with E-state index in [4.69, 9.17) is 0 Å². The maximum atomic E-state index is 4.30. The van der Waals surface area contributed by atoms with E-state index in [1.54, 1.807) is 5.56 Å². The highest BCUT2D eigenvalue weighted by Crippen LogP contribution is 2.40. The van der Waals surface area contributed by atoms with Crippen molar-refractivity contribution in [2.75, 3.05) is 0 Å². The zero-order valence-electron chi connectivity index (χ0n) is 10.3. The van der Waals surface area contributed by atoms with Gasteiger partial charge in [0.25, 0.3) is 0 Å². The second-order valence-electron chi connectivity index (χ2n) is 5.22. The van der Waals surface area contributed by atoms with E-state index >= 15 is 0 Å². The summed E-state index contributed by atoms with van der Waals surface area (Å²) in [5.74, 6) is 0.683. The third-order valence-electron chi connectivity index (χ3n) is 4.22. The summed E-state index contributed by atoms with van der Waals surface area (Å²) in [5.41, 5.74) is 4.36. The number of hydrogen-bond acceptors (Lipinski definition) is 1. The van der Waals surface area contributed by atoms with Crippen molar-refractivity contribution in [2.45, 2.75) is 31.6 Å². The lowest BCUT2D eigenvalue weighted by Gasteiger charge is -2.24. The van der Waals surface area contributed by atoms with E-state index < -0.39 is 0 Å². The van der Waals surface area contributed by atoms with Crippen molar-refractivity contribution < 1.29 is 0 Å². The largest absolute Gasteiger partial charge is 0.318 e. The fourth-order valence-corrected chi connectivity index (χ4v) is 3.46. The van der Waals surface area contributed by atoms with Gasteiger partial charge in [-0.15, -0.1) is 0 Å². The minimum absolute atomic E-state index is 0.683. The topological polar surface area (TPSA) is 17.8 Å². The molecule has 1 unspecified atom stereocenters. The average Bonchev–Trinajstić information content (AvgIpc) is 2.70. The Morgan fingerprint density at radius 3 is 3.28 bits per heavy atom. The Labute approximate surface area is 107 Å². The molecule has 0 N–H and O–H groups in total. The van der Waals surface area contributed by atoms with E-state index in [-0.39, 0.29) is 0 Å². The SMILES string of the molecule is C1=CCC2CCCc3c2n(c2cnccc32)C=C1. The second-order valence-corrected chi connectivity index (χ2v) is 5.22. The third kappa shape index (κ3) is 1.32. The van der Waals surface area contributed by atoms with Gasteiger partial charge in [-0.2, -0.15) is 0 Å². The summed E-state index contributed by atoms with van der Waals surface area (Å²) < 4.78 is 2.37. The van der Waals surface area contributed by atoms with Gasteiger partial charge in [0.2, 0.25) is 0 Å². The molecule has 90 valence electrons. The van der Waals surface area contributed by atoms with Crippen molar-refractivity contribution in [3.05, 3.63) is 47.9 Å². The Morgan fingerprint density at radius 2 is 2.28 bits per heavy atom. The highest BCUT2D eigenvalue weighted by atomic mass is 15.0. The van der Waals surface area contributed by atoms with Gasteiger partial charge in [0.15, 0.2) is 0 Å². The van der Waals surface area contributed by atoms with E-state index in [2.05, 4.69) is 40.0 Å². The van der Waals surface area contributed by atoms with E-state index in [1.165, 1.54) is 42.3 Å². The lowest BCUT2D eigenvalue weighted by Crippen LogP contribution is -2.12. The molecule has 0 saturated heterocycles. The molecule has 2 heteroatoms. The van der Waals surface area contributed by atoms with Crippen LogP contribution in [0.5, 0.6) is 0 Å². The molecule has 2 aromatic rings. The number of aromatic nitrogens is 2. The van der Waals surface area contributed by atoms with Crippen molar-refractivity contribution in [1.29, 1.82) is 0 Å². The fourth-order valence-electron chi connectivity index (χ4n) is 3.46. The molecule has 0 aromatic carbocycles. The van der Waals surface area contributed by atoms with Crippen molar-refractivity contribution in [3.8, 4) is 0 Å². The van der Waals surface area contributed by atoms with Crippen LogP contribution >= 0.6 is 0 Å². The van der Waals surface area contributed by atoms with Crippen molar-refractivity contribution in [2.24, 2.45) is 0 Å². The summed E-state index contributed by atoms with van der Waals surface area (Å²) in [6, 6.07) is 2.17. The second kappa shape index (κ2) is 3.84. The normalized spacial score (nSPS) is 21.7. The Kier molecular flexibility index (Phi) is 2.16. The molecule has 1 aliphatic carbocycles. The number of aryl methyl sites for hydroxylation is 1. The van der Waals surface area contributed by atoms with Crippen molar-refractivity contribution in [3.63, 3.8) is 0 Å². The van der Waals surface area contributed by atoms with Gasteiger partial charge in [-0.1, -0.05) is 12.2 Å². The first-order valence-corrected chi connectivity index (χ1v) is 6.75. The minimum Gasteiger partial charge on any atom is -0.318 e. The van der Waals surface area contributed by atoms with Crippen LogP contribution in [-0.4, -0.2) is 9.55 Å². The molecule has 0 spiro atoms. The van der Waals surface area contributed by atoms with Crippen LogP contribution in [0.4, 0.5) is 0 Å². The highest BCUT2D eigenvalue weighted by Gasteiger charge is 2.26. The monoisotopic (exact) mass is 236 g/mol. The van der Waals surface area contributed by atoms with Gasteiger partial charge < -0.3 is 4.57 Å². The van der Waals surface area contributed by atoms with E-state index in [9.17, 15) is 0 Å². The molecule has 1 aliphatic heterocycles. The van der Waals surface area contributed by atoms with Crippen LogP contribution < -0.4 is 0 Å². The maximum absolute atomic E-state index is 4.30. The number of nitrogens with zero attached hydrogens (tertiary/aromatic N) is 2. The molecule has 2 aliphatic rings. The Bertz CT molecular complexity index is 661. The summed E-state index contributed by atoms with van der Waals surface area (Å²) in [6.07, 6.45) is 17.7. The summed E-state index contributed by atoms with van der Waals surface area (Å²) in [7, 11) is 0.